The number of carbonyl (C=O) groups is 1. The molecule has 2 aromatic rings. The predicted octanol–water partition coefficient (Wildman–Crippen LogP) is 1.79. The summed E-state index contributed by atoms with van der Waals surface area (Å²) in [6.45, 7) is 2.22. The van der Waals surface area contributed by atoms with Crippen LogP contribution in [-0.4, -0.2) is 28.6 Å². The van der Waals surface area contributed by atoms with E-state index in [1.165, 1.54) is 0 Å². The molecular weight excluding hydrogens is 292 g/mol. The van der Waals surface area contributed by atoms with E-state index < -0.39 is 0 Å². The normalized spacial score (nSPS) is 12.1. The van der Waals surface area contributed by atoms with Gasteiger partial charge >= 0.3 is 0 Å². The number of rotatable bonds is 6. The van der Waals surface area contributed by atoms with Crippen molar-refractivity contribution in [3.05, 3.63) is 35.2 Å². The largest absolute Gasteiger partial charge is 0.356 e. The molecule has 21 heavy (non-hydrogen) atoms. The van der Waals surface area contributed by atoms with E-state index in [2.05, 4.69) is 15.5 Å². The summed E-state index contributed by atoms with van der Waals surface area (Å²) in [6, 6.07) is 7.07. The molecule has 1 heterocycles. The molecule has 0 aliphatic carbocycles. The third-order valence-corrected chi connectivity index (χ3v) is 2.95. The molecule has 6 nitrogen and oxygen atoms in total. The van der Waals surface area contributed by atoms with Gasteiger partial charge in [0.05, 0.1) is 0 Å². The Morgan fingerprint density at radius 1 is 1.52 bits per heavy atom. The van der Waals surface area contributed by atoms with E-state index in [-0.39, 0.29) is 11.9 Å². The molecule has 0 spiro atoms. The Bertz CT molecular complexity index is 613. The Kier molecular flexibility index (Phi) is 5.30. The molecule has 7 heteroatoms. The number of hydrogen-bond donors (Lipinski definition) is 2. The van der Waals surface area contributed by atoms with E-state index in [1.54, 1.807) is 19.1 Å². The summed E-state index contributed by atoms with van der Waals surface area (Å²) in [6.07, 6.45) is 0.774. The van der Waals surface area contributed by atoms with Gasteiger partial charge in [0.15, 0.2) is 0 Å². The number of nitrogens with zero attached hydrogens (tertiary/aromatic N) is 2. The topological polar surface area (TPSA) is 94.0 Å². The number of aromatic nitrogens is 2. The van der Waals surface area contributed by atoms with Crippen LogP contribution in [0.3, 0.4) is 0 Å². The highest BCUT2D eigenvalue weighted by molar-refractivity contribution is 6.30. The van der Waals surface area contributed by atoms with Crippen LogP contribution in [-0.2, 0) is 11.2 Å². The van der Waals surface area contributed by atoms with Crippen molar-refractivity contribution in [3.8, 4) is 11.4 Å². The molecule has 0 radical (unpaired) electrons. The first-order valence-corrected chi connectivity index (χ1v) is 7.03. The van der Waals surface area contributed by atoms with E-state index >= 15 is 0 Å². The molecule has 1 atom stereocenters. The molecule has 1 aromatic carbocycles. The molecule has 1 unspecified atom stereocenters. The molecular formula is C14H17ClN4O2. The summed E-state index contributed by atoms with van der Waals surface area (Å²) in [5, 5.41) is 7.26. The van der Waals surface area contributed by atoms with Gasteiger partial charge in [-0.2, -0.15) is 4.98 Å². The average molecular weight is 309 g/mol. The highest BCUT2D eigenvalue weighted by Crippen LogP contribution is 2.19. The third-order valence-electron chi connectivity index (χ3n) is 2.72. The van der Waals surface area contributed by atoms with Gasteiger partial charge in [-0.05, 0) is 19.1 Å². The monoisotopic (exact) mass is 308 g/mol. The third kappa shape index (κ3) is 4.84. The van der Waals surface area contributed by atoms with Crippen LogP contribution in [0.2, 0.25) is 5.02 Å². The number of hydrogen-bond acceptors (Lipinski definition) is 5. The van der Waals surface area contributed by atoms with Crippen LogP contribution in [0.4, 0.5) is 0 Å². The van der Waals surface area contributed by atoms with Crippen molar-refractivity contribution in [2.24, 2.45) is 5.73 Å². The molecule has 0 saturated heterocycles. The maximum Gasteiger partial charge on any atom is 0.228 e. The van der Waals surface area contributed by atoms with Crippen molar-refractivity contribution in [1.82, 2.24) is 15.5 Å². The summed E-state index contributed by atoms with van der Waals surface area (Å²) in [7, 11) is 0. The Balaban J connectivity index is 1.88. The minimum absolute atomic E-state index is 0.0837. The lowest BCUT2D eigenvalue weighted by atomic mass is 10.2. The van der Waals surface area contributed by atoms with Crippen molar-refractivity contribution in [2.75, 3.05) is 6.54 Å². The SMILES string of the molecule is CC(N)CC(=O)NCCc1nc(-c2cccc(Cl)c2)no1. The first kappa shape index (κ1) is 15.5. The van der Waals surface area contributed by atoms with E-state index in [0.717, 1.165) is 5.56 Å². The zero-order chi connectivity index (χ0) is 15.2. The second-order valence-corrected chi connectivity index (χ2v) is 5.24. The van der Waals surface area contributed by atoms with Gasteiger partial charge in [0, 0.05) is 36.0 Å². The van der Waals surface area contributed by atoms with Gasteiger partial charge < -0.3 is 15.6 Å². The van der Waals surface area contributed by atoms with Crippen molar-refractivity contribution >= 4 is 17.5 Å². The molecule has 1 aromatic heterocycles. The van der Waals surface area contributed by atoms with Crippen molar-refractivity contribution in [2.45, 2.75) is 25.8 Å². The number of nitrogens with one attached hydrogen (secondary N) is 1. The van der Waals surface area contributed by atoms with Crippen LogP contribution < -0.4 is 11.1 Å². The van der Waals surface area contributed by atoms with Crippen LogP contribution in [0.15, 0.2) is 28.8 Å². The molecule has 3 N–H and O–H groups in total. The Morgan fingerprint density at radius 3 is 3.05 bits per heavy atom. The maximum absolute atomic E-state index is 11.4. The lowest BCUT2D eigenvalue weighted by molar-refractivity contribution is -0.121. The Hall–Kier alpha value is -1.92. The van der Waals surface area contributed by atoms with Crippen molar-refractivity contribution in [3.63, 3.8) is 0 Å². The summed E-state index contributed by atoms with van der Waals surface area (Å²) < 4.78 is 5.14. The first-order valence-electron chi connectivity index (χ1n) is 6.65. The second-order valence-electron chi connectivity index (χ2n) is 4.80. The standard InChI is InChI=1S/C14H17ClN4O2/c1-9(16)7-12(20)17-6-5-13-18-14(19-21-13)10-3-2-4-11(15)8-10/h2-4,8-9H,5-7,16H2,1H3,(H,17,20). The quantitative estimate of drug-likeness (QED) is 0.848. The zero-order valence-electron chi connectivity index (χ0n) is 11.7. The number of carbonyl (C=O) groups excluding carboxylic acids is 1. The van der Waals surface area contributed by atoms with Gasteiger partial charge in [-0.1, -0.05) is 28.9 Å². The molecule has 1 amide bonds. The van der Waals surface area contributed by atoms with Gasteiger partial charge in [-0.25, -0.2) is 0 Å². The summed E-state index contributed by atoms with van der Waals surface area (Å²) in [5.74, 6) is 0.861. The molecule has 0 aliphatic rings. The number of halogens is 1. The molecule has 0 fully saturated rings. The van der Waals surface area contributed by atoms with E-state index in [4.69, 9.17) is 21.9 Å². The minimum atomic E-state index is -0.150. The maximum atomic E-state index is 11.4. The first-order chi connectivity index (χ1) is 10.0. The molecule has 0 saturated carbocycles. The number of benzene rings is 1. The van der Waals surface area contributed by atoms with Crippen LogP contribution in [0, 0.1) is 0 Å². The zero-order valence-corrected chi connectivity index (χ0v) is 12.4. The summed E-state index contributed by atoms with van der Waals surface area (Å²) in [5.41, 5.74) is 6.33. The fourth-order valence-electron chi connectivity index (χ4n) is 1.77. The Labute approximate surface area is 127 Å². The Morgan fingerprint density at radius 2 is 2.33 bits per heavy atom. The lowest BCUT2D eigenvalue weighted by Gasteiger charge is -2.05. The van der Waals surface area contributed by atoms with Crippen LogP contribution in [0.25, 0.3) is 11.4 Å². The van der Waals surface area contributed by atoms with Crippen LogP contribution in [0.1, 0.15) is 19.2 Å². The van der Waals surface area contributed by atoms with Crippen LogP contribution in [0.5, 0.6) is 0 Å². The summed E-state index contributed by atoms with van der Waals surface area (Å²) in [4.78, 5) is 15.7. The summed E-state index contributed by atoms with van der Waals surface area (Å²) >= 11 is 5.92. The lowest BCUT2D eigenvalue weighted by Crippen LogP contribution is -2.31. The molecule has 2 rings (SSSR count). The van der Waals surface area contributed by atoms with Crippen LogP contribution >= 0.6 is 11.6 Å². The average Bonchev–Trinajstić information content (AvgIpc) is 2.86. The van der Waals surface area contributed by atoms with Crippen molar-refractivity contribution < 1.29 is 9.32 Å². The van der Waals surface area contributed by atoms with Gasteiger partial charge in [-0.15, -0.1) is 0 Å². The number of amides is 1. The van der Waals surface area contributed by atoms with Gasteiger partial charge in [0.1, 0.15) is 0 Å². The smallest absolute Gasteiger partial charge is 0.228 e. The second kappa shape index (κ2) is 7.19. The van der Waals surface area contributed by atoms with E-state index in [1.807, 2.05) is 12.1 Å². The van der Waals surface area contributed by atoms with Gasteiger partial charge in [0.25, 0.3) is 0 Å². The van der Waals surface area contributed by atoms with Crippen molar-refractivity contribution in [1.29, 1.82) is 0 Å². The highest BCUT2D eigenvalue weighted by Gasteiger charge is 2.10. The van der Waals surface area contributed by atoms with E-state index in [9.17, 15) is 4.79 Å². The minimum Gasteiger partial charge on any atom is -0.356 e. The highest BCUT2D eigenvalue weighted by atomic mass is 35.5. The fourth-order valence-corrected chi connectivity index (χ4v) is 1.96. The predicted molar refractivity (Wildman–Crippen MR) is 79.7 cm³/mol. The van der Waals surface area contributed by atoms with Gasteiger partial charge in [0.2, 0.25) is 17.6 Å². The number of nitrogens with two attached hydrogens (primary N) is 1. The fraction of sp³-hybridized carbons (Fsp3) is 0.357. The van der Waals surface area contributed by atoms with Gasteiger partial charge in [-0.3, -0.25) is 4.79 Å². The van der Waals surface area contributed by atoms with E-state index in [0.29, 0.717) is 36.1 Å². The molecule has 0 bridgehead atoms. The molecule has 112 valence electrons. The molecule has 0 aliphatic heterocycles.